The predicted octanol–water partition coefficient (Wildman–Crippen LogP) is 3.76. The summed E-state index contributed by atoms with van der Waals surface area (Å²) in [5, 5.41) is 0.831. The summed E-state index contributed by atoms with van der Waals surface area (Å²) in [6.07, 6.45) is 4.94. The Morgan fingerprint density at radius 2 is 1.89 bits per heavy atom. The van der Waals surface area contributed by atoms with Crippen molar-refractivity contribution in [3.8, 4) is 22.4 Å². The van der Waals surface area contributed by atoms with Crippen molar-refractivity contribution in [3.63, 3.8) is 0 Å². The third kappa shape index (κ3) is 3.54. The van der Waals surface area contributed by atoms with Gasteiger partial charge in [-0.15, -0.1) is 11.3 Å². The minimum absolute atomic E-state index is 0.396. The molecule has 28 heavy (non-hydrogen) atoms. The highest BCUT2D eigenvalue weighted by Gasteiger charge is 2.20. The van der Waals surface area contributed by atoms with Crippen molar-refractivity contribution in [2.24, 2.45) is 0 Å². The SMILES string of the molecule is COCCS(=O)c1sc2nc(-c3cncnc3)cc(-c3ccccc3)c2c1N. The predicted molar refractivity (Wildman–Crippen MR) is 114 cm³/mol. The number of rotatable bonds is 6. The summed E-state index contributed by atoms with van der Waals surface area (Å²) in [5.74, 6) is 0.396. The molecule has 3 aromatic heterocycles. The lowest BCUT2D eigenvalue weighted by atomic mass is 10.0. The fourth-order valence-electron chi connectivity index (χ4n) is 2.95. The van der Waals surface area contributed by atoms with Crippen molar-refractivity contribution in [1.82, 2.24) is 15.0 Å². The second-order valence-corrected chi connectivity index (χ2v) is 8.84. The topological polar surface area (TPSA) is 91.0 Å². The van der Waals surface area contributed by atoms with Gasteiger partial charge in [0.25, 0.3) is 0 Å². The van der Waals surface area contributed by atoms with Gasteiger partial charge in [0.1, 0.15) is 15.4 Å². The summed E-state index contributed by atoms with van der Waals surface area (Å²) < 4.78 is 18.4. The number of methoxy groups -OCH3 is 1. The fourth-order valence-corrected chi connectivity index (χ4v) is 5.51. The van der Waals surface area contributed by atoms with Gasteiger partial charge in [-0.3, -0.25) is 4.21 Å². The van der Waals surface area contributed by atoms with Crippen LogP contribution in [-0.4, -0.2) is 38.6 Å². The number of nitrogens with zero attached hydrogens (tertiary/aromatic N) is 3. The first-order chi connectivity index (χ1) is 13.7. The molecule has 0 aliphatic rings. The van der Waals surface area contributed by atoms with Crippen LogP contribution in [-0.2, 0) is 15.5 Å². The van der Waals surface area contributed by atoms with E-state index in [1.165, 1.54) is 17.7 Å². The molecule has 0 saturated heterocycles. The first kappa shape index (κ1) is 18.7. The molecule has 142 valence electrons. The number of nitrogens with two attached hydrogens (primary N) is 1. The number of ether oxygens (including phenoxy) is 1. The standard InChI is InChI=1S/C20H18N4O2S2/c1-26-7-8-28(25)20-18(21)17-15(13-5-3-2-4-6-13)9-16(24-19(17)27-20)14-10-22-12-23-11-14/h2-6,9-12H,7-8,21H2,1H3. The third-order valence-corrected chi connectivity index (χ3v) is 7.16. The van der Waals surface area contributed by atoms with Crippen LogP contribution in [0.25, 0.3) is 32.6 Å². The lowest BCUT2D eigenvalue weighted by Gasteiger charge is -2.08. The van der Waals surface area contributed by atoms with Gasteiger partial charge in [-0.05, 0) is 17.2 Å². The smallest absolute Gasteiger partial charge is 0.127 e. The highest BCUT2D eigenvalue weighted by molar-refractivity contribution is 7.87. The Balaban J connectivity index is 1.95. The fraction of sp³-hybridized carbons (Fsp3) is 0.150. The zero-order valence-corrected chi connectivity index (χ0v) is 16.8. The van der Waals surface area contributed by atoms with Crippen LogP contribution < -0.4 is 5.73 Å². The molecule has 0 fully saturated rings. The largest absolute Gasteiger partial charge is 0.396 e. The molecule has 4 rings (SSSR count). The minimum atomic E-state index is -1.24. The number of thiophene rings is 1. The van der Waals surface area contributed by atoms with Crippen LogP contribution in [0.1, 0.15) is 0 Å². The Labute approximate surface area is 168 Å². The average molecular weight is 411 g/mol. The van der Waals surface area contributed by atoms with E-state index in [1.54, 1.807) is 19.5 Å². The summed E-state index contributed by atoms with van der Waals surface area (Å²) in [5.41, 5.74) is 10.5. The molecule has 4 aromatic rings. The highest BCUT2D eigenvalue weighted by atomic mass is 32.2. The minimum Gasteiger partial charge on any atom is -0.396 e. The Hall–Kier alpha value is -2.68. The molecule has 1 atom stereocenters. The van der Waals surface area contributed by atoms with Crippen LogP contribution in [0.2, 0.25) is 0 Å². The van der Waals surface area contributed by atoms with Crippen LogP contribution in [0.5, 0.6) is 0 Å². The van der Waals surface area contributed by atoms with Gasteiger partial charge in [-0.2, -0.15) is 0 Å². The molecule has 0 saturated carbocycles. The molecule has 6 nitrogen and oxygen atoms in total. The van der Waals surface area contributed by atoms with Crippen LogP contribution in [0.3, 0.4) is 0 Å². The molecule has 0 radical (unpaired) electrons. The monoisotopic (exact) mass is 410 g/mol. The quantitative estimate of drug-likeness (QED) is 0.520. The van der Waals surface area contributed by atoms with E-state index in [4.69, 9.17) is 15.5 Å². The first-order valence-corrected chi connectivity index (χ1v) is 10.7. The molecule has 0 spiro atoms. The number of aromatic nitrogens is 3. The molecular weight excluding hydrogens is 392 g/mol. The number of hydrogen-bond donors (Lipinski definition) is 1. The van der Waals surface area contributed by atoms with Crippen molar-refractivity contribution in [2.75, 3.05) is 25.2 Å². The molecule has 0 aliphatic heterocycles. The van der Waals surface area contributed by atoms with Crippen molar-refractivity contribution in [1.29, 1.82) is 0 Å². The molecule has 2 N–H and O–H groups in total. The van der Waals surface area contributed by atoms with Crippen molar-refractivity contribution >= 4 is 38.0 Å². The molecule has 3 heterocycles. The summed E-state index contributed by atoms with van der Waals surface area (Å²) in [6.45, 7) is 0.409. The molecule has 0 aliphatic carbocycles. The number of nitrogen functional groups attached to an aromatic ring is 1. The molecular formula is C20H18N4O2S2. The molecule has 1 aromatic carbocycles. The van der Waals surface area contributed by atoms with Gasteiger partial charge in [0.05, 0.1) is 34.5 Å². The van der Waals surface area contributed by atoms with Crippen LogP contribution >= 0.6 is 11.3 Å². The van der Waals surface area contributed by atoms with E-state index in [0.29, 0.717) is 22.3 Å². The van der Waals surface area contributed by atoms with Gasteiger partial charge in [-0.25, -0.2) is 15.0 Å². The summed E-state index contributed by atoms with van der Waals surface area (Å²) in [4.78, 5) is 13.7. The van der Waals surface area contributed by atoms with E-state index >= 15 is 0 Å². The highest BCUT2D eigenvalue weighted by Crippen LogP contribution is 2.42. The summed E-state index contributed by atoms with van der Waals surface area (Å²) >= 11 is 1.37. The zero-order chi connectivity index (χ0) is 19.5. The van der Waals surface area contributed by atoms with E-state index in [1.807, 2.05) is 36.4 Å². The lowest BCUT2D eigenvalue weighted by Crippen LogP contribution is -2.04. The van der Waals surface area contributed by atoms with Crippen molar-refractivity contribution in [2.45, 2.75) is 4.21 Å². The summed E-state index contributed by atoms with van der Waals surface area (Å²) in [7, 11) is 0.353. The number of pyridine rings is 1. The van der Waals surface area contributed by atoms with Crippen LogP contribution in [0.4, 0.5) is 5.69 Å². The maximum Gasteiger partial charge on any atom is 0.127 e. The molecule has 1 unspecified atom stereocenters. The van der Waals surface area contributed by atoms with Gasteiger partial charge < -0.3 is 10.5 Å². The van der Waals surface area contributed by atoms with Crippen molar-refractivity contribution in [3.05, 3.63) is 55.1 Å². The van der Waals surface area contributed by atoms with E-state index in [-0.39, 0.29) is 0 Å². The second kappa shape index (κ2) is 8.14. The molecule has 0 bridgehead atoms. The third-order valence-electron chi connectivity index (χ3n) is 4.29. The summed E-state index contributed by atoms with van der Waals surface area (Å²) in [6, 6.07) is 12.0. The van der Waals surface area contributed by atoms with Gasteiger partial charge in [0.15, 0.2) is 0 Å². The maximum absolute atomic E-state index is 12.7. The van der Waals surface area contributed by atoms with Gasteiger partial charge in [0, 0.05) is 30.5 Å². The van der Waals surface area contributed by atoms with E-state index in [9.17, 15) is 4.21 Å². The number of anilines is 1. The first-order valence-electron chi connectivity index (χ1n) is 8.60. The van der Waals surface area contributed by atoms with Gasteiger partial charge in [-0.1, -0.05) is 30.3 Å². The average Bonchev–Trinajstić information content (AvgIpc) is 3.09. The van der Waals surface area contributed by atoms with Crippen molar-refractivity contribution < 1.29 is 8.95 Å². The Morgan fingerprint density at radius 1 is 1.14 bits per heavy atom. The maximum atomic E-state index is 12.7. The van der Waals surface area contributed by atoms with E-state index in [2.05, 4.69) is 9.97 Å². The van der Waals surface area contributed by atoms with E-state index in [0.717, 1.165) is 32.6 Å². The molecule has 8 heteroatoms. The van der Waals surface area contributed by atoms with Gasteiger partial charge >= 0.3 is 0 Å². The molecule has 0 amide bonds. The lowest BCUT2D eigenvalue weighted by molar-refractivity contribution is 0.218. The normalized spacial score (nSPS) is 12.3. The Morgan fingerprint density at radius 3 is 2.61 bits per heavy atom. The Bertz CT molecular complexity index is 1130. The second-order valence-electron chi connectivity index (χ2n) is 6.07. The van der Waals surface area contributed by atoms with Crippen LogP contribution in [0, 0.1) is 0 Å². The number of hydrogen-bond acceptors (Lipinski definition) is 7. The Kier molecular flexibility index (Phi) is 5.43. The van der Waals surface area contributed by atoms with Gasteiger partial charge in [0.2, 0.25) is 0 Å². The number of benzene rings is 1. The van der Waals surface area contributed by atoms with Crippen LogP contribution in [0.15, 0.2) is 59.3 Å². The van der Waals surface area contributed by atoms with E-state index < -0.39 is 10.8 Å². The number of fused-ring (bicyclic) bond motifs is 1. The zero-order valence-electron chi connectivity index (χ0n) is 15.2.